The topological polar surface area (TPSA) is 80.7 Å². The van der Waals surface area contributed by atoms with E-state index < -0.39 is 16.4 Å². The lowest BCUT2D eigenvalue weighted by Gasteiger charge is -2.01. The number of benzene rings is 1. The van der Waals surface area contributed by atoms with Crippen molar-refractivity contribution in [1.82, 2.24) is 0 Å². The van der Waals surface area contributed by atoms with Gasteiger partial charge in [0.25, 0.3) is 0 Å². The minimum absolute atomic E-state index is 0.0469. The molecule has 16 heavy (non-hydrogen) atoms. The van der Waals surface area contributed by atoms with Crippen LogP contribution in [0.2, 0.25) is 0 Å². The molecule has 0 saturated carbocycles. The lowest BCUT2D eigenvalue weighted by Crippen LogP contribution is -2.11. The van der Waals surface area contributed by atoms with E-state index >= 15 is 0 Å². The first-order valence-corrected chi connectivity index (χ1v) is 6.07. The summed E-state index contributed by atoms with van der Waals surface area (Å²) in [6.45, 7) is 0. The van der Waals surface area contributed by atoms with E-state index in [4.69, 9.17) is 4.55 Å². The molecule has 0 aliphatic rings. The molecule has 0 aromatic heterocycles. The highest BCUT2D eigenvalue weighted by atomic mass is 32.3. The highest BCUT2D eigenvalue weighted by molar-refractivity contribution is 7.81. The van der Waals surface area contributed by atoms with Crippen LogP contribution in [-0.2, 0) is 25.8 Å². The molecule has 0 saturated heterocycles. The number of rotatable bonds is 5. The van der Waals surface area contributed by atoms with E-state index in [1.807, 2.05) is 30.3 Å². The second kappa shape index (κ2) is 5.62. The summed E-state index contributed by atoms with van der Waals surface area (Å²) >= 11 is 0. The Kier molecular flexibility index (Phi) is 4.45. The highest BCUT2D eigenvalue weighted by Gasteiger charge is 2.12. The zero-order chi connectivity index (χ0) is 12.0. The fourth-order valence-corrected chi connectivity index (χ4v) is 1.56. The van der Waals surface area contributed by atoms with Crippen molar-refractivity contribution in [2.75, 3.05) is 0 Å². The van der Waals surface area contributed by atoms with Gasteiger partial charge in [0.1, 0.15) is 0 Å². The number of carbonyl (C=O) groups excluding carboxylic acids is 1. The summed E-state index contributed by atoms with van der Waals surface area (Å²) in [6.07, 6.45) is 1.08. The average Bonchev–Trinajstić information content (AvgIpc) is 2.16. The maximum absolute atomic E-state index is 10.9. The molecular weight excluding hydrogens is 232 g/mol. The lowest BCUT2D eigenvalue weighted by molar-refractivity contribution is -0.134. The number of carbonyl (C=O) groups is 1. The third-order valence-corrected chi connectivity index (χ3v) is 2.28. The van der Waals surface area contributed by atoms with E-state index in [-0.39, 0.29) is 6.42 Å². The standard InChI is InChI=1S/C10H12O5S/c11-10(15-16(12,13)14)8-4-7-9-5-2-1-3-6-9/h1-3,5-6H,4,7-8H2,(H,12,13,14). The van der Waals surface area contributed by atoms with Crippen molar-refractivity contribution < 1.29 is 21.9 Å². The van der Waals surface area contributed by atoms with Crippen molar-refractivity contribution in [3.05, 3.63) is 35.9 Å². The molecule has 0 spiro atoms. The van der Waals surface area contributed by atoms with Crippen molar-refractivity contribution in [3.63, 3.8) is 0 Å². The fourth-order valence-electron chi connectivity index (χ4n) is 1.24. The van der Waals surface area contributed by atoms with Gasteiger partial charge in [0, 0.05) is 6.42 Å². The molecule has 1 N–H and O–H groups in total. The second-order valence-corrected chi connectivity index (χ2v) is 4.24. The molecule has 5 nitrogen and oxygen atoms in total. The monoisotopic (exact) mass is 244 g/mol. The van der Waals surface area contributed by atoms with Crippen molar-refractivity contribution in [2.24, 2.45) is 0 Å². The van der Waals surface area contributed by atoms with E-state index in [0.29, 0.717) is 12.8 Å². The van der Waals surface area contributed by atoms with Gasteiger partial charge in [0.2, 0.25) is 0 Å². The fraction of sp³-hybridized carbons (Fsp3) is 0.300. The number of hydrogen-bond donors (Lipinski definition) is 1. The normalized spacial score (nSPS) is 11.1. The molecule has 0 heterocycles. The van der Waals surface area contributed by atoms with Crippen LogP contribution < -0.4 is 0 Å². The van der Waals surface area contributed by atoms with Crippen LogP contribution in [0.15, 0.2) is 30.3 Å². The van der Waals surface area contributed by atoms with Crippen molar-refractivity contribution >= 4 is 16.4 Å². The molecule has 0 unspecified atom stereocenters. The summed E-state index contributed by atoms with van der Waals surface area (Å²) < 4.78 is 32.4. The van der Waals surface area contributed by atoms with Crippen molar-refractivity contribution in [3.8, 4) is 0 Å². The van der Waals surface area contributed by atoms with Crippen LogP contribution in [0.1, 0.15) is 18.4 Å². The van der Waals surface area contributed by atoms with Gasteiger partial charge in [-0.05, 0) is 18.4 Å². The summed E-state index contributed by atoms with van der Waals surface area (Å²) in [5, 5.41) is 0. The van der Waals surface area contributed by atoms with Crippen LogP contribution in [0.25, 0.3) is 0 Å². The van der Waals surface area contributed by atoms with E-state index in [1.54, 1.807) is 0 Å². The Morgan fingerprint density at radius 1 is 1.25 bits per heavy atom. The van der Waals surface area contributed by atoms with Gasteiger partial charge in [-0.25, -0.2) is 0 Å². The van der Waals surface area contributed by atoms with E-state index in [1.165, 1.54) is 0 Å². The van der Waals surface area contributed by atoms with Crippen LogP contribution in [0.5, 0.6) is 0 Å². The van der Waals surface area contributed by atoms with Gasteiger partial charge >= 0.3 is 16.4 Å². The zero-order valence-electron chi connectivity index (χ0n) is 8.50. The first-order valence-electron chi connectivity index (χ1n) is 4.71. The Labute approximate surface area is 94.0 Å². The van der Waals surface area contributed by atoms with E-state index in [0.717, 1.165) is 5.56 Å². The quantitative estimate of drug-likeness (QED) is 0.791. The maximum Gasteiger partial charge on any atom is 0.448 e. The Bertz CT molecular complexity index is 438. The molecule has 1 aromatic carbocycles. The molecule has 88 valence electrons. The molecular formula is C10H12O5S. The Balaban J connectivity index is 2.29. The molecule has 6 heteroatoms. The predicted molar refractivity (Wildman–Crippen MR) is 57.0 cm³/mol. The molecule has 0 amide bonds. The molecule has 0 bridgehead atoms. The average molecular weight is 244 g/mol. The number of aryl methyl sites for hydroxylation is 1. The van der Waals surface area contributed by atoms with Crippen LogP contribution in [-0.4, -0.2) is 18.9 Å². The Morgan fingerprint density at radius 3 is 2.44 bits per heavy atom. The van der Waals surface area contributed by atoms with E-state index in [9.17, 15) is 13.2 Å². The van der Waals surface area contributed by atoms with Crippen LogP contribution in [0, 0.1) is 0 Å². The molecule has 0 radical (unpaired) electrons. The summed E-state index contributed by atoms with van der Waals surface area (Å²) in [7, 11) is -4.67. The first-order chi connectivity index (χ1) is 7.47. The van der Waals surface area contributed by atoms with Gasteiger partial charge in [0.05, 0.1) is 0 Å². The van der Waals surface area contributed by atoms with Gasteiger partial charge in [0.15, 0.2) is 0 Å². The molecule has 1 rings (SSSR count). The molecule has 1 aromatic rings. The zero-order valence-corrected chi connectivity index (χ0v) is 9.31. The first kappa shape index (κ1) is 12.7. The minimum Gasteiger partial charge on any atom is -0.325 e. The lowest BCUT2D eigenvalue weighted by atomic mass is 10.1. The summed E-state index contributed by atoms with van der Waals surface area (Å²) in [6, 6.07) is 9.47. The van der Waals surface area contributed by atoms with E-state index in [2.05, 4.69) is 4.18 Å². The second-order valence-electron chi connectivity index (χ2n) is 3.22. The van der Waals surface area contributed by atoms with Gasteiger partial charge in [-0.1, -0.05) is 30.3 Å². The largest absolute Gasteiger partial charge is 0.448 e. The van der Waals surface area contributed by atoms with Gasteiger partial charge in [-0.3, -0.25) is 9.35 Å². The minimum atomic E-state index is -4.67. The summed E-state index contributed by atoms with van der Waals surface area (Å²) in [5.74, 6) is -0.946. The maximum atomic E-state index is 10.9. The summed E-state index contributed by atoms with van der Waals surface area (Å²) in [4.78, 5) is 10.9. The molecule has 0 fully saturated rings. The third-order valence-electron chi connectivity index (χ3n) is 1.89. The Morgan fingerprint density at radius 2 is 1.88 bits per heavy atom. The molecule has 0 aliphatic carbocycles. The van der Waals surface area contributed by atoms with Gasteiger partial charge in [-0.15, -0.1) is 0 Å². The summed E-state index contributed by atoms with van der Waals surface area (Å²) in [5.41, 5.74) is 1.06. The van der Waals surface area contributed by atoms with Crippen LogP contribution in [0.3, 0.4) is 0 Å². The Hall–Kier alpha value is -1.40. The highest BCUT2D eigenvalue weighted by Crippen LogP contribution is 2.05. The van der Waals surface area contributed by atoms with Crippen molar-refractivity contribution in [1.29, 1.82) is 0 Å². The van der Waals surface area contributed by atoms with Gasteiger partial charge < -0.3 is 4.18 Å². The molecule has 0 atom stereocenters. The number of hydrogen-bond acceptors (Lipinski definition) is 4. The van der Waals surface area contributed by atoms with Crippen molar-refractivity contribution in [2.45, 2.75) is 19.3 Å². The third kappa shape index (κ3) is 5.47. The molecule has 0 aliphatic heterocycles. The van der Waals surface area contributed by atoms with Crippen LogP contribution >= 0.6 is 0 Å². The smallest absolute Gasteiger partial charge is 0.325 e. The SMILES string of the molecule is O=C(CCCc1ccccc1)OS(=O)(=O)O. The van der Waals surface area contributed by atoms with Crippen LogP contribution in [0.4, 0.5) is 0 Å². The predicted octanol–water partition coefficient (Wildman–Crippen LogP) is 1.36. The van der Waals surface area contributed by atoms with Gasteiger partial charge in [-0.2, -0.15) is 8.42 Å².